The minimum Gasteiger partial charge on any atom is -0.378 e. The second kappa shape index (κ2) is 6.60. The maximum Gasteiger partial charge on any atom is 0.0611 e. The molecule has 2 aliphatic carbocycles. The lowest BCUT2D eigenvalue weighted by Crippen LogP contribution is -2.40. The first-order chi connectivity index (χ1) is 9.70. The van der Waals surface area contributed by atoms with Gasteiger partial charge in [-0.2, -0.15) is 11.8 Å². The Morgan fingerprint density at radius 2 is 1.85 bits per heavy atom. The van der Waals surface area contributed by atoms with Gasteiger partial charge >= 0.3 is 0 Å². The molecule has 0 bridgehead atoms. The third-order valence-electron chi connectivity index (χ3n) is 6.13. The van der Waals surface area contributed by atoms with Gasteiger partial charge in [0.15, 0.2) is 0 Å². The van der Waals surface area contributed by atoms with Crippen LogP contribution in [0.4, 0.5) is 0 Å². The molecule has 1 nitrogen and oxygen atoms in total. The van der Waals surface area contributed by atoms with Gasteiger partial charge < -0.3 is 4.74 Å². The highest BCUT2D eigenvalue weighted by Gasteiger charge is 2.50. The molecule has 3 fully saturated rings. The van der Waals surface area contributed by atoms with Crippen molar-refractivity contribution in [3.63, 3.8) is 0 Å². The molecule has 7 unspecified atom stereocenters. The average Bonchev–Trinajstić information content (AvgIpc) is 2.80. The van der Waals surface area contributed by atoms with Crippen LogP contribution in [-0.4, -0.2) is 23.2 Å². The number of ether oxygens (including phenoxy) is 1. The van der Waals surface area contributed by atoms with Gasteiger partial charge in [0, 0.05) is 17.1 Å². The standard InChI is InChI=1S/C18H32OS/c1-4-5-10-19-16-9-8-15-14-7-6-12(2)11-17(14)20-18(15)13(16)3/h12-18H,4-11H2,1-3H3. The minimum absolute atomic E-state index is 0.549. The molecule has 3 rings (SSSR count). The first-order valence-corrected chi connectivity index (χ1v) is 9.92. The van der Waals surface area contributed by atoms with Gasteiger partial charge in [0.1, 0.15) is 0 Å². The van der Waals surface area contributed by atoms with Crippen molar-refractivity contribution in [3.05, 3.63) is 0 Å². The Hall–Kier alpha value is 0.310. The molecule has 1 aliphatic heterocycles. The Kier molecular flexibility index (Phi) is 5.02. The zero-order valence-electron chi connectivity index (χ0n) is 13.5. The Morgan fingerprint density at radius 1 is 1.05 bits per heavy atom. The van der Waals surface area contributed by atoms with Crippen molar-refractivity contribution in [3.8, 4) is 0 Å². The van der Waals surface area contributed by atoms with Gasteiger partial charge in [-0.1, -0.05) is 33.6 Å². The molecule has 0 aromatic heterocycles. The molecule has 1 heterocycles. The van der Waals surface area contributed by atoms with E-state index < -0.39 is 0 Å². The van der Waals surface area contributed by atoms with E-state index in [0.29, 0.717) is 6.10 Å². The Balaban J connectivity index is 1.60. The van der Waals surface area contributed by atoms with Crippen LogP contribution in [0.15, 0.2) is 0 Å². The van der Waals surface area contributed by atoms with Crippen molar-refractivity contribution in [2.45, 2.75) is 82.3 Å². The van der Waals surface area contributed by atoms with E-state index in [1.54, 1.807) is 0 Å². The van der Waals surface area contributed by atoms with Crippen LogP contribution in [0.2, 0.25) is 0 Å². The molecule has 0 aromatic rings. The minimum atomic E-state index is 0.549. The molecule has 20 heavy (non-hydrogen) atoms. The Bertz CT molecular complexity index is 319. The fourth-order valence-corrected chi connectivity index (χ4v) is 7.23. The van der Waals surface area contributed by atoms with Crippen LogP contribution in [0, 0.1) is 23.7 Å². The van der Waals surface area contributed by atoms with E-state index in [2.05, 4.69) is 32.5 Å². The third-order valence-corrected chi connectivity index (χ3v) is 8.11. The average molecular weight is 297 g/mol. The van der Waals surface area contributed by atoms with Crippen LogP contribution >= 0.6 is 11.8 Å². The zero-order valence-corrected chi connectivity index (χ0v) is 14.3. The Labute approximate surface area is 129 Å². The molecule has 7 atom stereocenters. The molecule has 3 aliphatic rings. The topological polar surface area (TPSA) is 9.23 Å². The highest BCUT2D eigenvalue weighted by Crippen LogP contribution is 2.57. The molecule has 116 valence electrons. The quantitative estimate of drug-likeness (QED) is 0.664. The molecule has 1 saturated heterocycles. The van der Waals surface area contributed by atoms with E-state index in [-0.39, 0.29) is 0 Å². The zero-order chi connectivity index (χ0) is 14.1. The van der Waals surface area contributed by atoms with Gasteiger partial charge in [0.2, 0.25) is 0 Å². The van der Waals surface area contributed by atoms with Crippen molar-refractivity contribution in [2.75, 3.05) is 6.61 Å². The predicted molar refractivity (Wildman–Crippen MR) is 88.2 cm³/mol. The maximum absolute atomic E-state index is 6.20. The highest BCUT2D eigenvalue weighted by molar-refractivity contribution is 8.00. The molecular weight excluding hydrogens is 264 g/mol. The van der Waals surface area contributed by atoms with Crippen LogP contribution in [0.25, 0.3) is 0 Å². The monoisotopic (exact) mass is 296 g/mol. The van der Waals surface area contributed by atoms with Gasteiger partial charge in [-0.05, 0) is 55.8 Å². The number of rotatable bonds is 4. The van der Waals surface area contributed by atoms with Crippen molar-refractivity contribution >= 4 is 11.8 Å². The summed E-state index contributed by atoms with van der Waals surface area (Å²) in [5, 5.41) is 1.88. The van der Waals surface area contributed by atoms with E-state index in [9.17, 15) is 0 Å². The molecule has 2 heteroatoms. The summed E-state index contributed by atoms with van der Waals surface area (Å²) in [6, 6.07) is 0. The van der Waals surface area contributed by atoms with E-state index in [0.717, 1.165) is 40.8 Å². The molecule has 0 spiro atoms. The van der Waals surface area contributed by atoms with Crippen LogP contribution in [-0.2, 0) is 4.74 Å². The van der Waals surface area contributed by atoms with Gasteiger partial charge in [0.25, 0.3) is 0 Å². The summed E-state index contributed by atoms with van der Waals surface area (Å²) in [4.78, 5) is 0. The van der Waals surface area contributed by atoms with E-state index >= 15 is 0 Å². The number of fused-ring (bicyclic) bond motifs is 3. The summed E-state index contributed by atoms with van der Waals surface area (Å²) in [5.41, 5.74) is 0. The largest absolute Gasteiger partial charge is 0.378 e. The summed E-state index contributed by atoms with van der Waals surface area (Å²) >= 11 is 2.35. The number of thioether (sulfide) groups is 1. The number of hydrogen-bond donors (Lipinski definition) is 0. The van der Waals surface area contributed by atoms with Crippen molar-refractivity contribution in [2.24, 2.45) is 23.7 Å². The maximum atomic E-state index is 6.20. The smallest absolute Gasteiger partial charge is 0.0611 e. The van der Waals surface area contributed by atoms with Gasteiger partial charge in [-0.25, -0.2) is 0 Å². The fraction of sp³-hybridized carbons (Fsp3) is 1.00. The second-order valence-corrected chi connectivity index (χ2v) is 9.01. The van der Waals surface area contributed by atoms with Crippen LogP contribution in [0.5, 0.6) is 0 Å². The van der Waals surface area contributed by atoms with Crippen LogP contribution < -0.4 is 0 Å². The predicted octanol–water partition coefficient (Wildman–Crippen LogP) is 5.14. The SMILES string of the molecule is CCCCOC1CCC2C3CCC(C)CC3SC2C1C. The first kappa shape index (κ1) is 15.2. The van der Waals surface area contributed by atoms with E-state index in [4.69, 9.17) is 4.74 Å². The summed E-state index contributed by atoms with van der Waals surface area (Å²) in [6.07, 6.45) is 10.3. The summed E-state index contributed by atoms with van der Waals surface area (Å²) in [5.74, 6) is 3.80. The van der Waals surface area contributed by atoms with Crippen molar-refractivity contribution in [1.82, 2.24) is 0 Å². The van der Waals surface area contributed by atoms with Crippen LogP contribution in [0.1, 0.15) is 65.7 Å². The molecule has 0 amide bonds. The normalized spacial score (nSPS) is 47.9. The van der Waals surface area contributed by atoms with Gasteiger partial charge in [0.05, 0.1) is 6.10 Å². The molecule has 0 N–H and O–H groups in total. The summed E-state index contributed by atoms with van der Waals surface area (Å²) in [6.45, 7) is 8.17. The van der Waals surface area contributed by atoms with E-state index in [1.807, 2.05) is 0 Å². The molecular formula is C18H32OS. The highest BCUT2D eigenvalue weighted by atomic mass is 32.2. The van der Waals surface area contributed by atoms with E-state index in [1.165, 1.54) is 44.9 Å². The lowest BCUT2D eigenvalue weighted by Gasteiger charge is -2.39. The van der Waals surface area contributed by atoms with Crippen LogP contribution in [0.3, 0.4) is 0 Å². The summed E-state index contributed by atoms with van der Waals surface area (Å²) < 4.78 is 6.20. The van der Waals surface area contributed by atoms with Crippen molar-refractivity contribution < 1.29 is 4.74 Å². The first-order valence-electron chi connectivity index (χ1n) is 8.97. The number of unbranched alkanes of at least 4 members (excludes halogenated alkanes) is 1. The summed E-state index contributed by atoms with van der Waals surface area (Å²) in [7, 11) is 0. The lowest BCUT2D eigenvalue weighted by molar-refractivity contribution is -0.0204. The molecule has 0 radical (unpaired) electrons. The fourth-order valence-electron chi connectivity index (χ4n) is 4.88. The van der Waals surface area contributed by atoms with Gasteiger partial charge in [-0.3, -0.25) is 0 Å². The second-order valence-electron chi connectivity index (χ2n) is 7.58. The lowest BCUT2D eigenvalue weighted by atomic mass is 9.68. The molecule has 2 saturated carbocycles. The number of hydrogen-bond acceptors (Lipinski definition) is 2. The molecule has 0 aromatic carbocycles. The third kappa shape index (κ3) is 2.92. The Morgan fingerprint density at radius 3 is 2.65 bits per heavy atom. The van der Waals surface area contributed by atoms with Crippen molar-refractivity contribution in [1.29, 1.82) is 0 Å². The van der Waals surface area contributed by atoms with Gasteiger partial charge in [-0.15, -0.1) is 0 Å².